The Kier molecular flexibility index (Phi) is 6.70. The van der Waals surface area contributed by atoms with E-state index in [4.69, 9.17) is 4.74 Å². The molecule has 1 heterocycles. The van der Waals surface area contributed by atoms with E-state index in [9.17, 15) is 28.0 Å². The van der Waals surface area contributed by atoms with Gasteiger partial charge in [-0.2, -0.15) is 13.2 Å². The molecule has 0 amide bonds. The van der Waals surface area contributed by atoms with Crippen LogP contribution in [0.2, 0.25) is 0 Å². The van der Waals surface area contributed by atoms with Gasteiger partial charge in [0.05, 0.1) is 12.2 Å². The SMILES string of the molecule is Cc1c(CC2CCCCC2)n(COCc2ccc(C(F)(F)F)cc2)c(=O)n(O)c1=O. The molecule has 1 aliphatic carbocycles. The Hall–Kier alpha value is -2.55. The van der Waals surface area contributed by atoms with Gasteiger partial charge in [-0.1, -0.05) is 49.0 Å². The molecule has 1 saturated carbocycles. The van der Waals surface area contributed by atoms with Gasteiger partial charge in [0, 0.05) is 11.3 Å². The summed E-state index contributed by atoms with van der Waals surface area (Å²) in [4.78, 5) is 24.7. The lowest BCUT2D eigenvalue weighted by atomic mass is 9.85. The molecular weight excluding hydrogens is 401 g/mol. The fourth-order valence-electron chi connectivity index (χ4n) is 3.91. The summed E-state index contributed by atoms with van der Waals surface area (Å²) in [5.41, 5.74) is -1.04. The lowest BCUT2D eigenvalue weighted by Crippen LogP contribution is -2.42. The zero-order chi connectivity index (χ0) is 21.9. The van der Waals surface area contributed by atoms with Crippen LogP contribution in [-0.4, -0.2) is 14.5 Å². The quantitative estimate of drug-likeness (QED) is 0.712. The molecule has 2 aromatic rings. The zero-order valence-electron chi connectivity index (χ0n) is 16.7. The maximum Gasteiger partial charge on any atom is 0.416 e. The van der Waals surface area contributed by atoms with Crippen molar-refractivity contribution in [2.24, 2.45) is 5.92 Å². The molecule has 9 heteroatoms. The van der Waals surface area contributed by atoms with Crippen LogP contribution in [0.25, 0.3) is 0 Å². The van der Waals surface area contributed by atoms with Crippen molar-refractivity contribution in [2.75, 3.05) is 0 Å². The topological polar surface area (TPSA) is 73.5 Å². The van der Waals surface area contributed by atoms with Crippen molar-refractivity contribution in [3.05, 3.63) is 67.5 Å². The molecule has 1 fully saturated rings. The predicted octanol–water partition coefficient (Wildman–Crippen LogP) is 3.87. The van der Waals surface area contributed by atoms with E-state index in [1.807, 2.05) is 0 Å². The van der Waals surface area contributed by atoms with Crippen molar-refractivity contribution >= 4 is 0 Å². The van der Waals surface area contributed by atoms with Crippen molar-refractivity contribution in [2.45, 2.75) is 65.0 Å². The van der Waals surface area contributed by atoms with E-state index in [0.29, 0.717) is 29.2 Å². The van der Waals surface area contributed by atoms with Crippen LogP contribution in [-0.2, 0) is 30.7 Å². The first-order chi connectivity index (χ1) is 14.2. The number of rotatable bonds is 6. The first kappa shape index (κ1) is 22.1. The summed E-state index contributed by atoms with van der Waals surface area (Å²) in [6, 6.07) is 4.56. The number of ether oxygens (including phenoxy) is 1. The Bertz CT molecular complexity index is 988. The third kappa shape index (κ3) is 4.95. The molecule has 0 saturated heterocycles. The van der Waals surface area contributed by atoms with Crippen LogP contribution in [0.1, 0.15) is 54.5 Å². The number of hydrogen-bond acceptors (Lipinski definition) is 4. The van der Waals surface area contributed by atoms with Crippen LogP contribution in [0.15, 0.2) is 33.9 Å². The maximum atomic E-state index is 12.7. The van der Waals surface area contributed by atoms with Crippen LogP contribution in [0.3, 0.4) is 0 Å². The summed E-state index contributed by atoms with van der Waals surface area (Å²) in [5.74, 6) is 0.354. The summed E-state index contributed by atoms with van der Waals surface area (Å²) in [5, 5.41) is 9.83. The van der Waals surface area contributed by atoms with Gasteiger partial charge in [-0.15, -0.1) is 0 Å². The summed E-state index contributed by atoms with van der Waals surface area (Å²) in [6.45, 7) is 1.33. The third-order valence-electron chi connectivity index (χ3n) is 5.66. The Morgan fingerprint density at radius 3 is 2.33 bits per heavy atom. The molecule has 1 aromatic carbocycles. The second-order valence-corrected chi connectivity index (χ2v) is 7.78. The second kappa shape index (κ2) is 9.07. The normalized spacial score (nSPS) is 15.5. The number of hydrogen-bond donors (Lipinski definition) is 1. The van der Waals surface area contributed by atoms with Gasteiger partial charge in [-0.25, -0.2) is 4.79 Å². The van der Waals surface area contributed by atoms with Crippen molar-refractivity contribution < 1.29 is 23.1 Å². The number of nitrogens with zero attached hydrogens (tertiary/aromatic N) is 2. The fraction of sp³-hybridized carbons (Fsp3) is 0.524. The Morgan fingerprint density at radius 2 is 1.73 bits per heavy atom. The van der Waals surface area contributed by atoms with E-state index in [0.717, 1.165) is 37.8 Å². The largest absolute Gasteiger partial charge is 0.421 e. The summed E-state index contributed by atoms with van der Waals surface area (Å²) >= 11 is 0. The molecule has 0 aliphatic heterocycles. The van der Waals surface area contributed by atoms with Crippen LogP contribution in [0, 0.1) is 12.8 Å². The summed E-state index contributed by atoms with van der Waals surface area (Å²) in [6.07, 6.45) is 1.56. The van der Waals surface area contributed by atoms with E-state index in [1.54, 1.807) is 6.92 Å². The smallest absolute Gasteiger partial charge is 0.416 e. The van der Waals surface area contributed by atoms with E-state index < -0.39 is 23.0 Å². The summed E-state index contributed by atoms with van der Waals surface area (Å²) in [7, 11) is 0. The van der Waals surface area contributed by atoms with Gasteiger partial charge in [-0.3, -0.25) is 9.36 Å². The predicted molar refractivity (Wildman–Crippen MR) is 103 cm³/mol. The fourth-order valence-corrected chi connectivity index (χ4v) is 3.91. The van der Waals surface area contributed by atoms with Crippen molar-refractivity contribution in [1.29, 1.82) is 0 Å². The number of halogens is 3. The van der Waals surface area contributed by atoms with E-state index >= 15 is 0 Å². The molecule has 0 unspecified atom stereocenters. The first-order valence-electron chi connectivity index (χ1n) is 9.97. The van der Waals surface area contributed by atoms with Gasteiger partial charge in [0.25, 0.3) is 5.56 Å². The molecule has 0 bridgehead atoms. The van der Waals surface area contributed by atoms with Gasteiger partial charge in [0.1, 0.15) is 6.73 Å². The van der Waals surface area contributed by atoms with E-state index in [1.165, 1.54) is 23.1 Å². The molecule has 1 aliphatic rings. The molecule has 6 nitrogen and oxygen atoms in total. The average molecular weight is 426 g/mol. The second-order valence-electron chi connectivity index (χ2n) is 7.78. The highest BCUT2D eigenvalue weighted by molar-refractivity contribution is 5.24. The van der Waals surface area contributed by atoms with Crippen LogP contribution < -0.4 is 11.2 Å². The minimum atomic E-state index is -4.41. The summed E-state index contributed by atoms with van der Waals surface area (Å²) < 4.78 is 44.8. The van der Waals surface area contributed by atoms with Gasteiger partial charge in [-0.05, 0) is 37.0 Å². The Morgan fingerprint density at radius 1 is 1.10 bits per heavy atom. The highest BCUT2D eigenvalue weighted by atomic mass is 19.4. The molecule has 0 spiro atoms. The molecule has 3 rings (SSSR count). The number of aromatic nitrogens is 2. The molecule has 30 heavy (non-hydrogen) atoms. The Labute approximate surface area is 171 Å². The molecule has 1 aromatic heterocycles. The van der Waals surface area contributed by atoms with Crippen LogP contribution >= 0.6 is 0 Å². The third-order valence-corrected chi connectivity index (χ3v) is 5.66. The highest BCUT2D eigenvalue weighted by Gasteiger charge is 2.30. The minimum Gasteiger partial charge on any atom is -0.421 e. The lowest BCUT2D eigenvalue weighted by Gasteiger charge is -2.24. The Balaban J connectivity index is 1.77. The lowest BCUT2D eigenvalue weighted by molar-refractivity contribution is -0.137. The highest BCUT2D eigenvalue weighted by Crippen LogP contribution is 2.29. The van der Waals surface area contributed by atoms with Crippen LogP contribution in [0.4, 0.5) is 13.2 Å². The molecular formula is C21H25F3N2O4. The number of benzene rings is 1. The zero-order valence-corrected chi connectivity index (χ0v) is 16.7. The van der Waals surface area contributed by atoms with Crippen molar-refractivity contribution in [3.63, 3.8) is 0 Å². The van der Waals surface area contributed by atoms with Gasteiger partial charge in [0.15, 0.2) is 0 Å². The van der Waals surface area contributed by atoms with Crippen molar-refractivity contribution in [3.8, 4) is 0 Å². The number of alkyl halides is 3. The van der Waals surface area contributed by atoms with Crippen LogP contribution in [0.5, 0.6) is 0 Å². The average Bonchev–Trinajstić information content (AvgIpc) is 2.73. The monoisotopic (exact) mass is 426 g/mol. The molecule has 0 radical (unpaired) electrons. The minimum absolute atomic E-state index is 0.0168. The molecule has 0 atom stereocenters. The maximum absolute atomic E-state index is 12.7. The van der Waals surface area contributed by atoms with E-state index in [2.05, 4.69) is 0 Å². The first-order valence-corrected chi connectivity index (χ1v) is 9.97. The van der Waals surface area contributed by atoms with Gasteiger partial charge >= 0.3 is 11.9 Å². The van der Waals surface area contributed by atoms with Gasteiger partial charge < -0.3 is 9.94 Å². The van der Waals surface area contributed by atoms with E-state index in [-0.39, 0.29) is 18.1 Å². The van der Waals surface area contributed by atoms with Crippen molar-refractivity contribution in [1.82, 2.24) is 9.30 Å². The van der Waals surface area contributed by atoms with Gasteiger partial charge in [0.2, 0.25) is 0 Å². The molecule has 164 valence electrons. The standard InChI is InChI=1S/C21H25F3N2O4/c1-14-18(11-15-5-3-2-4-6-15)25(20(28)26(29)19(14)27)13-30-12-16-7-9-17(10-8-16)21(22,23)24/h7-10,15,29H,2-6,11-13H2,1H3. The molecule has 1 N–H and O–H groups in total.